The molecule has 0 aromatic heterocycles. The number of carbonyl (C=O) groups is 1. The zero-order valence-corrected chi connectivity index (χ0v) is 12.0. The summed E-state index contributed by atoms with van der Waals surface area (Å²) in [5.74, 6) is -1.26. The van der Waals surface area contributed by atoms with Crippen molar-refractivity contribution in [2.24, 2.45) is 0 Å². The van der Waals surface area contributed by atoms with Crippen LogP contribution in [0.25, 0.3) is 5.76 Å². The summed E-state index contributed by atoms with van der Waals surface area (Å²) < 4.78 is 30.6. The minimum Gasteiger partial charge on any atom is -0.505 e. The molecule has 1 N–H and O–H groups in total. The highest BCUT2D eigenvalue weighted by Crippen LogP contribution is 2.35. The number of rotatable bonds is 3. The summed E-state index contributed by atoms with van der Waals surface area (Å²) in [6.45, 7) is 1.87. The second-order valence-corrected chi connectivity index (χ2v) is 6.09. The van der Waals surface area contributed by atoms with Gasteiger partial charge in [-0.15, -0.1) is 0 Å². The smallest absolute Gasteiger partial charge is 0.359 e. The van der Waals surface area contributed by atoms with Gasteiger partial charge >= 0.3 is 5.97 Å². The van der Waals surface area contributed by atoms with Crippen LogP contribution in [0.2, 0.25) is 0 Å². The normalized spacial score (nSPS) is 16.8. The molecule has 0 saturated heterocycles. The summed E-state index contributed by atoms with van der Waals surface area (Å²) >= 11 is 0. The fraction of sp³-hybridized carbons (Fsp3) is 0.308. The molecular weight excluding hydrogens is 282 g/mol. The van der Waals surface area contributed by atoms with Crippen molar-refractivity contribution in [1.29, 1.82) is 0 Å². The summed E-state index contributed by atoms with van der Waals surface area (Å²) in [5.41, 5.74) is -0.228. The zero-order chi connectivity index (χ0) is 14.9. The molecule has 0 amide bonds. The van der Waals surface area contributed by atoms with Gasteiger partial charge in [0.25, 0.3) is 10.0 Å². The Morgan fingerprint density at radius 3 is 2.60 bits per heavy atom. The van der Waals surface area contributed by atoms with E-state index in [1.54, 1.807) is 19.1 Å². The largest absolute Gasteiger partial charge is 0.505 e. The molecule has 1 aromatic carbocycles. The molecule has 1 aliphatic rings. The lowest BCUT2D eigenvalue weighted by atomic mass is 10.1. The van der Waals surface area contributed by atoms with E-state index in [-0.39, 0.29) is 28.5 Å². The minimum atomic E-state index is -3.87. The lowest BCUT2D eigenvalue weighted by Crippen LogP contribution is -2.38. The summed E-state index contributed by atoms with van der Waals surface area (Å²) in [5, 5.41) is 10.2. The van der Waals surface area contributed by atoms with E-state index in [0.717, 1.165) is 11.4 Å². The summed E-state index contributed by atoms with van der Waals surface area (Å²) in [6, 6.07) is 6.01. The molecule has 1 heterocycles. The van der Waals surface area contributed by atoms with Crippen LogP contribution >= 0.6 is 0 Å². The standard InChI is InChI=1S/C13H15NO5S/c1-3-8-14-11(13(16)19-2)12(15)9-6-4-5-7-10(9)20(14,17)18/h4-7,15H,3,8H2,1-2H3. The molecule has 0 fully saturated rings. The van der Waals surface area contributed by atoms with Crippen molar-refractivity contribution < 1.29 is 23.1 Å². The first kappa shape index (κ1) is 14.4. The molecular formula is C13H15NO5S. The van der Waals surface area contributed by atoms with Crippen molar-refractivity contribution in [3.63, 3.8) is 0 Å². The fourth-order valence-corrected chi connectivity index (χ4v) is 3.86. The summed E-state index contributed by atoms with van der Waals surface area (Å²) in [7, 11) is -2.73. The van der Waals surface area contributed by atoms with Crippen LogP contribution in [0.3, 0.4) is 0 Å². The molecule has 2 rings (SSSR count). The number of hydrogen-bond donors (Lipinski definition) is 1. The molecule has 0 unspecified atom stereocenters. The Balaban J connectivity index is 2.77. The number of nitrogens with zero attached hydrogens (tertiary/aromatic N) is 1. The van der Waals surface area contributed by atoms with Crippen LogP contribution in [-0.4, -0.2) is 37.5 Å². The lowest BCUT2D eigenvalue weighted by molar-refractivity contribution is -0.137. The average Bonchev–Trinajstić information content (AvgIpc) is 2.45. The number of methoxy groups -OCH3 is 1. The Morgan fingerprint density at radius 1 is 1.35 bits per heavy atom. The molecule has 20 heavy (non-hydrogen) atoms. The van der Waals surface area contributed by atoms with E-state index in [1.165, 1.54) is 12.1 Å². The topological polar surface area (TPSA) is 83.9 Å². The molecule has 6 nitrogen and oxygen atoms in total. The monoisotopic (exact) mass is 297 g/mol. The number of benzene rings is 1. The van der Waals surface area contributed by atoms with Crippen LogP contribution in [0.4, 0.5) is 0 Å². The molecule has 0 atom stereocenters. The van der Waals surface area contributed by atoms with Gasteiger partial charge < -0.3 is 9.84 Å². The number of esters is 1. The van der Waals surface area contributed by atoms with Crippen LogP contribution in [-0.2, 0) is 19.6 Å². The van der Waals surface area contributed by atoms with Crippen molar-refractivity contribution >= 4 is 21.8 Å². The van der Waals surface area contributed by atoms with Gasteiger partial charge in [0.05, 0.1) is 12.0 Å². The van der Waals surface area contributed by atoms with E-state index in [4.69, 9.17) is 0 Å². The first-order chi connectivity index (χ1) is 9.45. The summed E-state index contributed by atoms with van der Waals surface area (Å²) in [4.78, 5) is 11.8. The number of aliphatic hydroxyl groups excluding tert-OH is 1. The van der Waals surface area contributed by atoms with Crippen LogP contribution in [0.15, 0.2) is 34.9 Å². The predicted molar refractivity (Wildman–Crippen MR) is 72.2 cm³/mol. The molecule has 108 valence electrons. The van der Waals surface area contributed by atoms with Gasteiger partial charge in [0.15, 0.2) is 11.5 Å². The zero-order valence-electron chi connectivity index (χ0n) is 11.2. The van der Waals surface area contributed by atoms with E-state index in [0.29, 0.717) is 6.42 Å². The number of ether oxygens (including phenoxy) is 1. The van der Waals surface area contributed by atoms with Crippen LogP contribution in [0, 0.1) is 0 Å². The third-order valence-corrected chi connectivity index (χ3v) is 4.85. The molecule has 0 radical (unpaired) electrons. The number of aliphatic hydroxyl groups is 1. The highest BCUT2D eigenvalue weighted by Gasteiger charge is 2.39. The highest BCUT2D eigenvalue weighted by molar-refractivity contribution is 7.89. The van der Waals surface area contributed by atoms with E-state index >= 15 is 0 Å². The Labute approximate surface area is 117 Å². The van der Waals surface area contributed by atoms with E-state index in [2.05, 4.69) is 4.74 Å². The van der Waals surface area contributed by atoms with Crippen LogP contribution in [0.5, 0.6) is 0 Å². The molecule has 1 aliphatic heterocycles. The van der Waals surface area contributed by atoms with Gasteiger partial charge in [0.1, 0.15) is 0 Å². The molecule has 7 heteroatoms. The first-order valence-corrected chi connectivity index (χ1v) is 7.52. The maximum atomic E-state index is 12.5. The number of hydrogen-bond acceptors (Lipinski definition) is 5. The third-order valence-electron chi connectivity index (χ3n) is 2.99. The van der Waals surface area contributed by atoms with E-state index in [1.807, 2.05) is 0 Å². The van der Waals surface area contributed by atoms with Crippen LogP contribution < -0.4 is 0 Å². The average molecular weight is 297 g/mol. The van der Waals surface area contributed by atoms with Gasteiger partial charge in [-0.25, -0.2) is 13.2 Å². The molecule has 0 bridgehead atoms. The minimum absolute atomic E-state index is 0.0152. The van der Waals surface area contributed by atoms with Gasteiger partial charge in [0, 0.05) is 12.1 Å². The van der Waals surface area contributed by atoms with Gasteiger partial charge in [-0.05, 0) is 18.6 Å². The maximum absolute atomic E-state index is 12.5. The van der Waals surface area contributed by atoms with E-state index < -0.39 is 16.0 Å². The lowest BCUT2D eigenvalue weighted by Gasteiger charge is -2.30. The Kier molecular flexibility index (Phi) is 3.71. The number of fused-ring (bicyclic) bond motifs is 1. The first-order valence-electron chi connectivity index (χ1n) is 6.08. The van der Waals surface area contributed by atoms with Crippen molar-refractivity contribution in [1.82, 2.24) is 4.31 Å². The highest BCUT2D eigenvalue weighted by atomic mass is 32.2. The Bertz CT molecular complexity index is 678. The van der Waals surface area contributed by atoms with E-state index in [9.17, 15) is 18.3 Å². The maximum Gasteiger partial charge on any atom is 0.359 e. The van der Waals surface area contributed by atoms with Crippen molar-refractivity contribution in [2.45, 2.75) is 18.2 Å². The Morgan fingerprint density at radius 2 is 2.00 bits per heavy atom. The third kappa shape index (κ3) is 2.03. The molecule has 0 saturated carbocycles. The Hall–Kier alpha value is -2.02. The van der Waals surface area contributed by atoms with Gasteiger partial charge in [-0.2, -0.15) is 0 Å². The number of sulfonamides is 1. The molecule has 1 aromatic rings. The van der Waals surface area contributed by atoms with Gasteiger partial charge in [-0.3, -0.25) is 4.31 Å². The molecule has 0 aliphatic carbocycles. The SMILES string of the molecule is CCCN1C(C(=O)OC)=C(O)c2ccccc2S1(=O)=O. The second kappa shape index (κ2) is 5.16. The summed E-state index contributed by atoms with van der Waals surface area (Å²) in [6.07, 6.45) is 0.495. The second-order valence-electron chi connectivity index (χ2n) is 4.26. The molecule has 0 spiro atoms. The predicted octanol–water partition coefficient (Wildman–Crippen LogP) is 1.50. The van der Waals surface area contributed by atoms with Gasteiger partial charge in [-0.1, -0.05) is 19.1 Å². The van der Waals surface area contributed by atoms with Gasteiger partial charge in [0.2, 0.25) is 0 Å². The quantitative estimate of drug-likeness (QED) is 0.855. The van der Waals surface area contributed by atoms with Crippen LogP contribution in [0.1, 0.15) is 18.9 Å². The van der Waals surface area contributed by atoms with Crippen molar-refractivity contribution in [3.05, 3.63) is 35.5 Å². The van der Waals surface area contributed by atoms with Crippen molar-refractivity contribution in [2.75, 3.05) is 13.7 Å². The number of carbonyl (C=O) groups excluding carboxylic acids is 1. The van der Waals surface area contributed by atoms with Crippen molar-refractivity contribution in [3.8, 4) is 0 Å². The fourth-order valence-electron chi connectivity index (χ4n) is 2.10.